The molecule has 0 heterocycles. The summed E-state index contributed by atoms with van der Waals surface area (Å²) >= 11 is 0. The predicted octanol–water partition coefficient (Wildman–Crippen LogP) is 11.7. The summed E-state index contributed by atoms with van der Waals surface area (Å²) in [6.45, 7) is 8.78. The zero-order valence-corrected chi connectivity index (χ0v) is 30.0. The van der Waals surface area contributed by atoms with Crippen molar-refractivity contribution in [3.63, 3.8) is 0 Å². The zero-order chi connectivity index (χ0) is 32.5. The van der Waals surface area contributed by atoms with Gasteiger partial charge in [0.1, 0.15) is 6.61 Å². The fourth-order valence-electron chi connectivity index (χ4n) is 5.81. The van der Waals surface area contributed by atoms with Crippen LogP contribution in [0.15, 0.2) is 0 Å². The van der Waals surface area contributed by atoms with E-state index in [0.717, 1.165) is 43.9 Å². The standard InChI is InChI=1S/C39H76O5/c1-35(2)29-25-21-17-15-13-11-9-7-5-6-8-10-12-14-16-18-23-27-31-38(41)43-34-37(33-40)44-39(42)32-28-24-20-19-22-26-30-36(3)4/h35-37,40H,5-34H2,1-4H3/t37-/m0/s1. The van der Waals surface area contributed by atoms with E-state index in [-0.39, 0.29) is 25.2 Å². The lowest BCUT2D eigenvalue weighted by molar-refractivity contribution is -0.161. The molecule has 1 N–H and O–H groups in total. The summed E-state index contributed by atoms with van der Waals surface area (Å²) < 4.78 is 10.6. The summed E-state index contributed by atoms with van der Waals surface area (Å²) in [6, 6.07) is 0. The van der Waals surface area contributed by atoms with Crippen molar-refractivity contribution in [1.29, 1.82) is 0 Å². The predicted molar refractivity (Wildman–Crippen MR) is 187 cm³/mol. The molecule has 0 aliphatic heterocycles. The van der Waals surface area contributed by atoms with Crippen molar-refractivity contribution in [3.8, 4) is 0 Å². The second-order valence-electron chi connectivity index (χ2n) is 14.3. The second-order valence-corrected chi connectivity index (χ2v) is 14.3. The minimum atomic E-state index is -0.762. The van der Waals surface area contributed by atoms with Gasteiger partial charge in [-0.05, 0) is 24.7 Å². The quantitative estimate of drug-likeness (QED) is 0.0569. The first-order valence-corrected chi connectivity index (χ1v) is 19.3. The minimum Gasteiger partial charge on any atom is -0.462 e. The third kappa shape index (κ3) is 33.8. The summed E-state index contributed by atoms with van der Waals surface area (Å²) in [5, 5.41) is 9.51. The van der Waals surface area contributed by atoms with Gasteiger partial charge in [-0.15, -0.1) is 0 Å². The van der Waals surface area contributed by atoms with Crippen molar-refractivity contribution < 1.29 is 24.2 Å². The van der Waals surface area contributed by atoms with Gasteiger partial charge < -0.3 is 14.6 Å². The Balaban J connectivity index is 3.45. The van der Waals surface area contributed by atoms with Crippen molar-refractivity contribution in [1.82, 2.24) is 0 Å². The molecule has 1 atom stereocenters. The molecule has 0 saturated heterocycles. The van der Waals surface area contributed by atoms with Crippen LogP contribution in [0.5, 0.6) is 0 Å². The van der Waals surface area contributed by atoms with Crippen molar-refractivity contribution in [2.24, 2.45) is 11.8 Å². The van der Waals surface area contributed by atoms with Gasteiger partial charge in [0.2, 0.25) is 0 Å². The van der Waals surface area contributed by atoms with Crippen LogP contribution in [0.25, 0.3) is 0 Å². The molecule has 0 saturated carbocycles. The number of carbonyl (C=O) groups excluding carboxylic acids is 2. The van der Waals surface area contributed by atoms with Crippen molar-refractivity contribution in [3.05, 3.63) is 0 Å². The average molecular weight is 625 g/mol. The minimum absolute atomic E-state index is 0.0599. The van der Waals surface area contributed by atoms with Crippen LogP contribution in [0.4, 0.5) is 0 Å². The van der Waals surface area contributed by atoms with Gasteiger partial charge in [-0.1, -0.05) is 182 Å². The van der Waals surface area contributed by atoms with Crippen LogP contribution in [0, 0.1) is 11.8 Å². The maximum atomic E-state index is 12.1. The van der Waals surface area contributed by atoms with Gasteiger partial charge in [0.15, 0.2) is 6.10 Å². The fourth-order valence-corrected chi connectivity index (χ4v) is 5.81. The van der Waals surface area contributed by atoms with Gasteiger partial charge in [-0.3, -0.25) is 9.59 Å². The maximum Gasteiger partial charge on any atom is 0.306 e. The average Bonchev–Trinajstić information content (AvgIpc) is 2.99. The number of rotatable bonds is 34. The van der Waals surface area contributed by atoms with Crippen LogP contribution in [-0.2, 0) is 19.1 Å². The molecule has 262 valence electrons. The molecule has 0 bridgehead atoms. The van der Waals surface area contributed by atoms with E-state index in [0.29, 0.717) is 12.8 Å². The Morgan fingerprint density at radius 3 is 1.07 bits per heavy atom. The van der Waals surface area contributed by atoms with Crippen LogP contribution >= 0.6 is 0 Å². The van der Waals surface area contributed by atoms with E-state index in [1.54, 1.807) is 0 Å². The van der Waals surface area contributed by atoms with Crippen molar-refractivity contribution in [2.45, 2.75) is 214 Å². The smallest absolute Gasteiger partial charge is 0.306 e. The number of esters is 2. The lowest BCUT2D eigenvalue weighted by atomic mass is 10.0. The number of carbonyl (C=O) groups is 2. The van der Waals surface area contributed by atoms with E-state index >= 15 is 0 Å². The number of unbranched alkanes of at least 4 members (excludes halogenated alkanes) is 22. The van der Waals surface area contributed by atoms with Gasteiger partial charge in [-0.2, -0.15) is 0 Å². The first-order chi connectivity index (χ1) is 21.3. The zero-order valence-electron chi connectivity index (χ0n) is 30.0. The number of aliphatic hydroxyl groups excluding tert-OH is 1. The highest BCUT2D eigenvalue weighted by Gasteiger charge is 2.16. The highest BCUT2D eigenvalue weighted by atomic mass is 16.6. The van der Waals surface area contributed by atoms with Gasteiger partial charge >= 0.3 is 11.9 Å². The highest BCUT2D eigenvalue weighted by molar-refractivity contribution is 5.70. The molecule has 0 amide bonds. The van der Waals surface area contributed by atoms with E-state index < -0.39 is 6.10 Å². The molecular weight excluding hydrogens is 548 g/mol. The third-order valence-corrected chi connectivity index (χ3v) is 8.76. The largest absolute Gasteiger partial charge is 0.462 e. The van der Waals surface area contributed by atoms with Gasteiger partial charge in [0.05, 0.1) is 6.61 Å². The molecule has 0 aliphatic carbocycles. The molecular formula is C39H76O5. The topological polar surface area (TPSA) is 72.8 Å². The summed E-state index contributed by atoms with van der Waals surface area (Å²) in [7, 11) is 0. The highest BCUT2D eigenvalue weighted by Crippen LogP contribution is 2.16. The normalized spacial score (nSPS) is 12.2. The monoisotopic (exact) mass is 625 g/mol. The van der Waals surface area contributed by atoms with Crippen molar-refractivity contribution in [2.75, 3.05) is 13.2 Å². The third-order valence-electron chi connectivity index (χ3n) is 8.76. The van der Waals surface area contributed by atoms with E-state index in [2.05, 4.69) is 27.7 Å². The van der Waals surface area contributed by atoms with Crippen LogP contribution in [0.2, 0.25) is 0 Å². The maximum absolute atomic E-state index is 12.1. The first-order valence-electron chi connectivity index (χ1n) is 19.3. The fraction of sp³-hybridized carbons (Fsp3) is 0.949. The number of hydrogen-bond donors (Lipinski definition) is 1. The second kappa shape index (κ2) is 33.3. The van der Waals surface area contributed by atoms with Gasteiger partial charge in [-0.25, -0.2) is 0 Å². The Kier molecular flexibility index (Phi) is 32.4. The summed E-state index contributed by atoms with van der Waals surface area (Å²) in [4.78, 5) is 24.1. The Hall–Kier alpha value is -1.10. The van der Waals surface area contributed by atoms with Crippen LogP contribution in [0.3, 0.4) is 0 Å². The van der Waals surface area contributed by atoms with Gasteiger partial charge in [0.25, 0.3) is 0 Å². The lowest BCUT2D eigenvalue weighted by Crippen LogP contribution is -2.28. The first kappa shape index (κ1) is 42.9. The number of ether oxygens (including phenoxy) is 2. The molecule has 0 aromatic rings. The Bertz CT molecular complexity index is 618. The van der Waals surface area contributed by atoms with Crippen LogP contribution < -0.4 is 0 Å². The molecule has 0 unspecified atom stereocenters. The van der Waals surface area contributed by atoms with E-state index in [4.69, 9.17) is 9.47 Å². The van der Waals surface area contributed by atoms with Crippen LogP contribution in [0.1, 0.15) is 207 Å². The Morgan fingerprint density at radius 1 is 0.455 bits per heavy atom. The van der Waals surface area contributed by atoms with Crippen LogP contribution in [-0.4, -0.2) is 36.4 Å². The lowest BCUT2D eigenvalue weighted by Gasteiger charge is -2.15. The summed E-state index contributed by atoms with van der Waals surface area (Å²) in [6.07, 6.45) is 33.3. The summed E-state index contributed by atoms with van der Waals surface area (Å²) in [5.41, 5.74) is 0. The Labute approximate surface area is 274 Å². The SMILES string of the molecule is CC(C)CCCCCCCCCCCCCCCCCCCCC(=O)OC[C@H](CO)OC(=O)CCCCCCCCC(C)C. The molecule has 0 aromatic heterocycles. The van der Waals surface area contributed by atoms with E-state index in [1.165, 1.54) is 135 Å². The molecule has 0 aromatic carbocycles. The molecule has 0 rings (SSSR count). The van der Waals surface area contributed by atoms with E-state index in [9.17, 15) is 14.7 Å². The molecule has 44 heavy (non-hydrogen) atoms. The van der Waals surface area contributed by atoms with Crippen molar-refractivity contribution >= 4 is 11.9 Å². The molecule has 5 heteroatoms. The molecule has 0 aliphatic rings. The molecule has 0 radical (unpaired) electrons. The number of aliphatic hydroxyl groups is 1. The van der Waals surface area contributed by atoms with Gasteiger partial charge in [0, 0.05) is 12.8 Å². The molecule has 0 spiro atoms. The number of hydrogen-bond acceptors (Lipinski definition) is 5. The van der Waals surface area contributed by atoms with E-state index in [1.807, 2.05) is 0 Å². The molecule has 5 nitrogen and oxygen atoms in total. The molecule has 0 fully saturated rings. The Morgan fingerprint density at radius 2 is 0.750 bits per heavy atom. The summed E-state index contributed by atoms with van der Waals surface area (Å²) in [5.74, 6) is 1.05.